The molecule has 0 spiro atoms. The molecule has 3 aromatic rings. The van der Waals surface area contributed by atoms with Gasteiger partial charge in [0.25, 0.3) is 10.2 Å². The lowest BCUT2D eigenvalue weighted by Crippen LogP contribution is -2.54. The van der Waals surface area contributed by atoms with Gasteiger partial charge in [0.15, 0.2) is 0 Å². The van der Waals surface area contributed by atoms with Gasteiger partial charge in [-0.25, -0.2) is 0 Å². The number of carbonyl (C=O) groups is 1. The third-order valence-electron chi connectivity index (χ3n) is 5.99. The summed E-state index contributed by atoms with van der Waals surface area (Å²) in [5.41, 5.74) is 3.88. The smallest absolute Gasteiger partial charge is 0.321 e. The minimum Gasteiger partial charge on any atom is -0.480 e. The third-order valence-corrected chi connectivity index (χ3v) is 7.69. The number of hydrogen-bond acceptors (Lipinski definition) is 4. The normalized spacial score (nSPS) is 15.3. The highest BCUT2D eigenvalue weighted by Gasteiger charge is 2.29. The Labute approximate surface area is 205 Å². The molecule has 4 rings (SSSR count). The Kier molecular flexibility index (Phi) is 7.22. The van der Waals surface area contributed by atoms with E-state index < -0.39 is 22.2 Å². The van der Waals surface area contributed by atoms with Crippen molar-refractivity contribution in [1.29, 1.82) is 0 Å². The van der Waals surface area contributed by atoms with E-state index in [1.807, 2.05) is 48.5 Å². The Bertz CT molecular complexity index is 1410. The SMILES string of the molecule is C=Cc1cccc2ccc(C#Cc3ccc(N4CCN(S(=O)(=O)N[C@H](C)C(=O)O)CC4)cc3)cc12. The fraction of sp³-hybridized carbons (Fsp3) is 0.222. The second kappa shape index (κ2) is 10.3. The first-order valence-electron chi connectivity index (χ1n) is 11.3. The number of aliphatic carboxylic acids is 1. The number of piperazine rings is 1. The molecule has 1 saturated heterocycles. The Morgan fingerprint density at radius 3 is 2.34 bits per heavy atom. The van der Waals surface area contributed by atoms with E-state index in [1.165, 1.54) is 11.2 Å². The molecule has 0 unspecified atom stereocenters. The van der Waals surface area contributed by atoms with E-state index in [1.54, 1.807) is 0 Å². The molecule has 1 fully saturated rings. The molecule has 1 aliphatic rings. The van der Waals surface area contributed by atoms with Gasteiger partial charge in [0.2, 0.25) is 0 Å². The van der Waals surface area contributed by atoms with Crippen LogP contribution in [0, 0.1) is 11.8 Å². The first-order chi connectivity index (χ1) is 16.8. The molecule has 2 N–H and O–H groups in total. The maximum Gasteiger partial charge on any atom is 0.321 e. The van der Waals surface area contributed by atoms with Crippen molar-refractivity contribution in [2.45, 2.75) is 13.0 Å². The second-order valence-electron chi connectivity index (χ2n) is 8.35. The van der Waals surface area contributed by atoms with Crippen molar-refractivity contribution in [3.05, 3.63) is 83.9 Å². The molecule has 0 aliphatic carbocycles. The van der Waals surface area contributed by atoms with Crippen molar-refractivity contribution in [3.63, 3.8) is 0 Å². The summed E-state index contributed by atoms with van der Waals surface area (Å²) in [5.74, 6) is 5.23. The van der Waals surface area contributed by atoms with E-state index in [2.05, 4.69) is 46.2 Å². The highest BCUT2D eigenvalue weighted by atomic mass is 32.2. The molecular weight excluding hydrogens is 462 g/mol. The number of hydrogen-bond donors (Lipinski definition) is 2. The molecule has 180 valence electrons. The lowest BCUT2D eigenvalue weighted by molar-refractivity contribution is -0.138. The van der Waals surface area contributed by atoms with Gasteiger partial charge in [-0.3, -0.25) is 4.79 Å². The fourth-order valence-corrected chi connectivity index (χ4v) is 5.33. The first-order valence-corrected chi connectivity index (χ1v) is 12.7. The molecule has 3 aromatic carbocycles. The molecule has 7 nitrogen and oxygen atoms in total. The molecule has 35 heavy (non-hydrogen) atoms. The van der Waals surface area contributed by atoms with Crippen LogP contribution in [0.4, 0.5) is 5.69 Å². The average Bonchev–Trinajstić information content (AvgIpc) is 2.87. The number of carboxylic acids is 1. The molecule has 0 radical (unpaired) electrons. The van der Waals surface area contributed by atoms with Crippen LogP contribution in [-0.4, -0.2) is 56.0 Å². The van der Waals surface area contributed by atoms with E-state index in [0.29, 0.717) is 13.1 Å². The zero-order chi connectivity index (χ0) is 25.0. The summed E-state index contributed by atoms with van der Waals surface area (Å²) < 4.78 is 28.3. The van der Waals surface area contributed by atoms with Crippen LogP contribution in [0.25, 0.3) is 16.8 Å². The van der Waals surface area contributed by atoms with Gasteiger partial charge in [0.05, 0.1) is 0 Å². The van der Waals surface area contributed by atoms with Crippen molar-refractivity contribution in [3.8, 4) is 11.8 Å². The second-order valence-corrected chi connectivity index (χ2v) is 10.1. The standard InChI is InChI=1S/C27H27N3O4S/c1-3-23-5-4-6-24-12-9-22(19-26(23)24)8-7-21-10-13-25(14-11-21)29-15-17-30(18-16-29)35(33,34)28-20(2)27(31)32/h3-6,9-14,19-20,28H,1,15-18H2,2H3,(H,31,32)/t20-/m1/s1. The van der Waals surface area contributed by atoms with E-state index >= 15 is 0 Å². The minimum absolute atomic E-state index is 0.276. The van der Waals surface area contributed by atoms with Crippen LogP contribution in [0.1, 0.15) is 23.6 Å². The van der Waals surface area contributed by atoms with Crippen LogP contribution in [-0.2, 0) is 15.0 Å². The summed E-state index contributed by atoms with van der Waals surface area (Å²) in [6.07, 6.45) is 1.85. The molecule has 1 heterocycles. The van der Waals surface area contributed by atoms with Gasteiger partial charge in [-0.1, -0.05) is 48.8 Å². The van der Waals surface area contributed by atoms with Gasteiger partial charge in [-0.2, -0.15) is 17.4 Å². The quantitative estimate of drug-likeness (QED) is 0.519. The molecule has 1 aliphatic heterocycles. The molecule has 0 amide bonds. The third kappa shape index (κ3) is 5.72. The minimum atomic E-state index is -3.84. The van der Waals surface area contributed by atoms with Crippen molar-refractivity contribution < 1.29 is 18.3 Å². The van der Waals surface area contributed by atoms with Crippen LogP contribution in [0.3, 0.4) is 0 Å². The van der Waals surface area contributed by atoms with Gasteiger partial charge in [0.1, 0.15) is 6.04 Å². The highest BCUT2D eigenvalue weighted by Crippen LogP contribution is 2.22. The Morgan fingerprint density at radius 1 is 1.03 bits per heavy atom. The fourth-order valence-electron chi connectivity index (χ4n) is 3.99. The summed E-state index contributed by atoms with van der Waals surface area (Å²) in [7, 11) is -3.84. The van der Waals surface area contributed by atoms with E-state index in [9.17, 15) is 13.2 Å². The molecular formula is C27H27N3O4S. The zero-order valence-corrected chi connectivity index (χ0v) is 20.3. The van der Waals surface area contributed by atoms with Crippen molar-refractivity contribution in [1.82, 2.24) is 9.03 Å². The predicted molar refractivity (Wildman–Crippen MR) is 139 cm³/mol. The van der Waals surface area contributed by atoms with Crippen LogP contribution in [0.15, 0.2) is 67.2 Å². The van der Waals surface area contributed by atoms with Crippen LogP contribution >= 0.6 is 0 Å². The Hall–Kier alpha value is -3.64. The molecule has 0 bridgehead atoms. The lowest BCUT2D eigenvalue weighted by Gasteiger charge is -2.35. The average molecular weight is 490 g/mol. The van der Waals surface area contributed by atoms with E-state index in [0.717, 1.165) is 33.2 Å². The number of carboxylic acid groups (broad SMARTS) is 1. The maximum atomic E-state index is 12.4. The van der Waals surface area contributed by atoms with Gasteiger partial charge in [-0.15, -0.1) is 0 Å². The van der Waals surface area contributed by atoms with Crippen molar-refractivity contribution in [2.75, 3.05) is 31.1 Å². The number of benzene rings is 3. The summed E-state index contributed by atoms with van der Waals surface area (Å²) in [4.78, 5) is 13.1. The number of anilines is 1. The zero-order valence-electron chi connectivity index (χ0n) is 19.4. The lowest BCUT2D eigenvalue weighted by atomic mass is 10.0. The molecule has 0 saturated carbocycles. The Balaban J connectivity index is 1.40. The summed E-state index contributed by atoms with van der Waals surface area (Å²) in [6.45, 7) is 6.76. The van der Waals surface area contributed by atoms with Crippen molar-refractivity contribution >= 4 is 38.7 Å². The van der Waals surface area contributed by atoms with Gasteiger partial charge >= 0.3 is 5.97 Å². The largest absolute Gasteiger partial charge is 0.480 e. The Morgan fingerprint density at radius 2 is 1.69 bits per heavy atom. The first kappa shape index (κ1) is 24.5. The topological polar surface area (TPSA) is 90.0 Å². The van der Waals surface area contributed by atoms with Crippen LogP contribution in [0.5, 0.6) is 0 Å². The number of fused-ring (bicyclic) bond motifs is 1. The van der Waals surface area contributed by atoms with Crippen molar-refractivity contribution in [2.24, 2.45) is 0 Å². The predicted octanol–water partition coefficient (Wildman–Crippen LogP) is 3.31. The molecule has 0 aromatic heterocycles. The molecule has 8 heteroatoms. The number of nitrogens with zero attached hydrogens (tertiary/aromatic N) is 2. The summed E-state index contributed by atoms with van der Waals surface area (Å²) >= 11 is 0. The van der Waals surface area contributed by atoms with Gasteiger partial charge in [-0.05, 0) is 59.7 Å². The van der Waals surface area contributed by atoms with Crippen LogP contribution in [0.2, 0.25) is 0 Å². The van der Waals surface area contributed by atoms with Gasteiger partial charge in [0, 0.05) is 43.0 Å². The van der Waals surface area contributed by atoms with Gasteiger partial charge < -0.3 is 10.0 Å². The van der Waals surface area contributed by atoms with Crippen LogP contribution < -0.4 is 9.62 Å². The molecule has 1 atom stereocenters. The summed E-state index contributed by atoms with van der Waals surface area (Å²) in [5, 5.41) is 11.2. The van der Waals surface area contributed by atoms with E-state index in [-0.39, 0.29) is 13.1 Å². The maximum absolute atomic E-state index is 12.4. The number of nitrogens with one attached hydrogen (secondary N) is 1. The monoisotopic (exact) mass is 489 g/mol. The summed E-state index contributed by atoms with van der Waals surface area (Å²) in [6, 6.07) is 19.0. The number of rotatable bonds is 6. The van der Waals surface area contributed by atoms with E-state index in [4.69, 9.17) is 5.11 Å². The highest BCUT2D eigenvalue weighted by molar-refractivity contribution is 7.87.